The average molecular weight is 248 g/mol. The van der Waals surface area contributed by atoms with E-state index in [1.807, 2.05) is 37.3 Å². The van der Waals surface area contributed by atoms with E-state index in [1.165, 1.54) is 0 Å². The number of nitrogens with one attached hydrogen (secondary N) is 1. The molecule has 2 aromatic rings. The quantitative estimate of drug-likeness (QED) is 0.860. The summed E-state index contributed by atoms with van der Waals surface area (Å²) >= 11 is 5.90. The summed E-state index contributed by atoms with van der Waals surface area (Å²) in [7, 11) is 0. The van der Waals surface area contributed by atoms with Crippen molar-refractivity contribution in [3.05, 3.63) is 58.6 Å². The molecule has 88 valence electrons. The predicted octanol–water partition coefficient (Wildman–Crippen LogP) is 3.97. The third kappa shape index (κ3) is 3.14. The van der Waals surface area contributed by atoms with Crippen LogP contribution in [-0.2, 0) is 6.54 Å². The van der Waals surface area contributed by atoms with E-state index in [1.54, 1.807) is 12.1 Å². The normalized spacial score (nSPS) is 10.2. The molecule has 0 unspecified atom stereocenters. The number of halogens is 1. The number of rotatable bonds is 3. The minimum Gasteiger partial charge on any atom is -0.508 e. The van der Waals surface area contributed by atoms with Crippen LogP contribution in [0, 0.1) is 6.92 Å². The Hall–Kier alpha value is -1.67. The molecular weight excluding hydrogens is 234 g/mol. The maximum absolute atomic E-state index is 9.18. The maximum Gasteiger partial charge on any atom is 0.115 e. The van der Waals surface area contributed by atoms with Gasteiger partial charge in [-0.1, -0.05) is 23.7 Å². The zero-order valence-corrected chi connectivity index (χ0v) is 10.3. The third-order valence-electron chi connectivity index (χ3n) is 2.61. The van der Waals surface area contributed by atoms with E-state index in [2.05, 4.69) is 5.32 Å². The third-order valence-corrected chi connectivity index (χ3v) is 2.84. The van der Waals surface area contributed by atoms with Gasteiger partial charge in [-0.3, -0.25) is 0 Å². The van der Waals surface area contributed by atoms with Crippen LogP contribution in [0.25, 0.3) is 0 Å². The summed E-state index contributed by atoms with van der Waals surface area (Å²) in [5.41, 5.74) is 3.32. The molecule has 2 N–H and O–H groups in total. The minimum atomic E-state index is 0.288. The molecule has 17 heavy (non-hydrogen) atoms. The molecule has 2 nitrogen and oxygen atoms in total. The highest BCUT2D eigenvalue weighted by molar-refractivity contribution is 6.30. The Morgan fingerprint density at radius 3 is 2.47 bits per heavy atom. The van der Waals surface area contributed by atoms with Crippen LogP contribution in [0.3, 0.4) is 0 Å². The molecule has 0 radical (unpaired) electrons. The van der Waals surface area contributed by atoms with E-state index in [-0.39, 0.29) is 5.75 Å². The van der Waals surface area contributed by atoms with Gasteiger partial charge in [-0.05, 0) is 48.4 Å². The van der Waals surface area contributed by atoms with Crippen LogP contribution in [0.1, 0.15) is 11.1 Å². The van der Waals surface area contributed by atoms with Gasteiger partial charge in [0.25, 0.3) is 0 Å². The van der Waals surface area contributed by atoms with E-state index in [4.69, 9.17) is 11.6 Å². The van der Waals surface area contributed by atoms with E-state index >= 15 is 0 Å². The van der Waals surface area contributed by atoms with Crippen molar-refractivity contribution < 1.29 is 5.11 Å². The van der Waals surface area contributed by atoms with Crippen LogP contribution < -0.4 is 5.32 Å². The van der Waals surface area contributed by atoms with Gasteiger partial charge < -0.3 is 10.4 Å². The van der Waals surface area contributed by atoms with Gasteiger partial charge in [0.15, 0.2) is 0 Å². The van der Waals surface area contributed by atoms with Gasteiger partial charge in [-0.2, -0.15) is 0 Å². The Bertz CT molecular complexity index is 508. The molecule has 0 fully saturated rings. The fourth-order valence-electron chi connectivity index (χ4n) is 1.64. The number of aromatic hydroxyl groups is 1. The topological polar surface area (TPSA) is 32.3 Å². The Labute approximate surface area is 106 Å². The zero-order valence-electron chi connectivity index (χ0n) is 9.57. The Morgan fingerprint density at radius 2 is 1.82 bits per heavy atom. The smallest absolute Gasteiger partial charge is 0.115 e. The second kappa shape index (κ2) is 5.11. The molecule has 0 amide bonds. The monoisotopic (exact) mass is 247 g/mol. The zero-order chi connectivity index (χ0) is 12.3. The lowest BCUT2D eigenvalue weighted by Gasteiger charge is -2.09. The number of hydrogen-bond acceptors (Lipinski definition) is 2. The van der Waals surface area contributed by atoms with Gasteiger partial charge in [-0.25, -0.2) is 0 Å². The van der Waals surface area contributed by atoms with Crippen molar-refractivity contribution >= 4 is 17.3 Å². The first-order valence-electron chi connectivity index (χ1n) is 5.43. The lowest BCUT2D eigenvalue weighted by atomic mass is 10.1. The van der Waals surface area contributed by atoms with Gasteiger partial charge in [0.05, 0.1) is 0 Å². The Kier molecular flexibility index (Phi) is 3.55. The number of benzene rings is 2. The average Bonchev–Trinajstić information content (AvgIpc) is 2.30. The number of anilines is 1. The van der Waals surface area contributed by atoms with Gasteiger partial charge >= 0.3 is 0 Å². The fraction of sp³-hybridized carbons (Fsp3) is 0.143. The van der Waals surface area contributed by atoms with E-state index in [0.29, 0.717) is 0 Å². The molecule has 0 aliphatic carbocycles. The van der Waals surface area contributed by atoms with Crippen LogP contribution in [0.2, 0.25) is 5.02 Å². The first-order valence-corrected chi connectivity index (χ1v) is 5.81. The molecule has 0 bridgehead atoms. The van der Waals surface area contributed by atoms with Crippen LogP contribution in [0.15, 0.2) is 42.5 Å². The minimum absolute atomic E-state index is 0.288. The van der Waals surface area contributed by atoms with Crippen molar-refractivity contribution in [2.24, 2.45) is 0 Å². The largest absolute Gasteiger partial charge is 0.508 e. The van der Waals surface area contributed by atoms with Gasteiger partial charge in [0.1, 0.15) is 5.75 Å². The number of hydrogen-bond donors (Lipinski definition) is 2. The van der Waals surface area contributed by atoms with Crippen molar-refractivity contribution in [3.63, 3.8) is 0 Å². The van der Waals surface area contributed by atoms with Crippen LogP contribution in [-0.4, -0.2) is 5.11 Å². The fourth-order valence-corrected chi connectivity index (χ4v) is 1.86. The van der Waals surface area contributed by atoms with Crippen molar-refractivity contribution in [3.8, 4) is 5.75 Å². The summed E-state index contributed by atoms with van der Waals surface area (Å²) in [5.74, 6) is 0.288. The van der Waals surface area contributed by atoms with E-state index in [0.717, 1.165) is 28.4 Å². The molecule has 0 aromatic heterocycles. The van der Waals surface area contributed by atoms with Crippen LogP contribution in [0.5, 0.6) is 5.75 Å². The first-order chi connectivity index (χ1) is 8.15. The summed E-state index contributed by atoms with van der Waals surface area (Å²) in [4.78, 5) is 0. The first kappa shape index (κ1) is 11.8. The SMILES string of the molecule is Cc1cc(Cl)ccc1NCc1ccc(O)cc1. The molecule has 0 aliphatic rings. The van der Waals surface area contributed by atoms with Gasteiger partial charge in [0.2, 0.25) is 0 Å². The van der Waals surface area contributed by atoms with E-state index < -0.39 is 0 Å². The molecule has 0 saturated heterocycles. The highest BCUT2D eigenvalue weighted by Gasteiger charge is 1.99. The molecule has 3 heteroatoms. The summed E-state index contributed by atoms with van der Waals surface area (Å²) in [5, 5.41) is 13.3. The lowest BCUT2D eigenvalue weighted by Crippen LogP contribution is -2.00. The molecule has 0 spiro atoms. The molecule has 2 aromatic carbocycles. The molecule has 0 saturated carbocycles. The summed E-state index contributed by atoms with van der Waals surface area (Å²) in [6.07, 6.45) is 0. The second-order valence-corrected chi connectivity index (χ2v) is 4.42. The standard InChI is InChI=1S/C14H14ClNO/c1-10-8-12(15)4-7-14(10)16-9-11-2-5-13(17)6-3-11/h2-8,16-17H,9H2,1H3. The van der Waals surface area contributed by atoms with Gasteiger partial charge in [-0.15, -0.1) is 0 Å². The Morgan fingerprint density at radius 1 is 1.12 bits per heavy atom. The van der Waals surface area contributed by atoms with Crippen molar-refractivity contribution in [1.82, 2.24) is 0 Å². The molecule has 0 atom stereocenters. The predicted molar refractivity (Wildman–Crippen MR) is 71.6 cm³/mol. The molecule has 0 heterocycles. The number of phenolic OH excluding ortho intramolecular Hbond substituents is 1. The molecule has 2 rings (SSSR count). The van der Waals surface area contributed by atoms with Crippen molar-refractivity contribution in [1.29, 1.82) is 0 Å². The number of aryl methyl sites for hydroxylation is 1. The summed E-state index contributed by atoms with van der Waals surface area (Å²) < 4.78 is 0. The number of phenols is 1. The van der Waals surface area contributed by atoms with Crippen LogP contribution >= 0.6 is 11.6 Å². The summed E-state index contributed by atoms with van der Waals surface area (Å²) in [6.45, 7) is 2.74. The van der Waals surface area contributed by atoms with Crippen molar-refractivity contribution in [2.75, 3.05) is 5.32 Å². The Balaban J connectivity index is 2.04. The lowest BCUT2D eigenvalue weighted by molar-refractivity contribution is 0.475. The molecular formula is C14H14ClNO. The van der Waals surface area contributed by atoms with Crippen LogP contribution in [0.4, 0.5) is 5.69 Å². The second-order valence-electron chi connectivity index (χ2n) is 3.98. The highest BCUT2D eigenvalue weighted by atomic mass is 35.5. The van der Waals surface area contributed by atoms with Crippen molar-refractivity contribution in [2.45, 2.75) is 13.5 Å². The molecule has 0 aliphatic heterocycles. The van der Waals surface area contributed by atoms with E-state index in [9.17, 15) is 5.11 Å². The van der Waals surface area contributed by atoms with Gasteiger partial charge in [0, 0.05) is 17.3 Å². The summed E-state index contributed by atoms with van der Waals surface area (Å²) in [6, 6.07) is 12.9. The highest BCUT2D eigenvalue weighted by Crippen LogP contribution is 2.20. The maximum atomic E-state index is 9.18.